The highest BCUT2D eigenvalue weighted by Gasteiger charge is 2.40. The summed E-state index contributed by atoms with van der Waals surface area (Å²) in [5, 5.41) is 18.3. The molecule has 11 nitrogen and oxygen atoms in total. The van der Waals surface area contributed by atoms with Gasteiger partial charge in [0.25, 0.3) is 0 Å². The number of aryl methyl sites for hydroxylation is 2. The summed E-state index contributed by atoms with van der Waals surface area (Å²) in [6.07, 6.45) is -1.43. The van der Waals surface area contributed by atoms with Crippen LogP contribution in [0.4, 0.5) is 28.2 Å². The van der Waals surface area contributed by atoms with E-state index in [9.17, 15) is 27.5 Å². The van der Waals surface area contributed by atoms with Gasteiger partial charge in [0, 0.05) is 73.1 Å². The zero-order valence-electron chi connectivity index (χ0n) is 27.9. The Labute approximate surface area is 280 Å². The van der Waals surface area contributed by atoms with Crippen LogP contribution in [0.15, 0.2) is 42.9 Å². The summed E-state index contributed by atoms with van der Waals surface area (Å²) in [6, 6.07) is 6.00. The van der Waals surface area contributed by atoms with E-state index in [-0.39, 0.29) is 48.3 Å². The first-order valence-corrected chi connectivity index (χ1v) is 16.1. The first-order valence-electron chi connectivity index (χ1n) is 16.1. The monoisotopic (exact) mass is 685 g/mol. The Kier molecular flexibility index (Phi) is 9.07. The summed E-state index contributed by atoms with van der Waals surface area (Å²) in [4.78, 5) is 22.6. The number of aromatic nitrogens is 5. The summed E-state index contributed by atoms with van der Waals surface area (Å²) >= 11 is 0. The number of halogens is 4. The highest BCUT2D eigenvalue weighted by Crippen LogP contribution is 2.47. The van der Waals surface area contributed by atoms with E-state index in [2.05, 4.69) is 20.4 Å². The van der Waals surface area contributed by atoms with Gasteiger partial charge in [-0.05, 0) is 70.9 Å². The van der Waals surface area contributed by atoms with Crippen molar-refractivity contribution in [2.45, 2.75) is 78.1 Å². The number of alkyl halides is 3. The minimum Gasteiger partial charge on any atom is -0.492 e. The first kappa shape index (κ1) is 34.2. The number of benzene rings is 1. The van der Waals surface area contributed by atoms with E-state index in [1.807, 2.05) is 11.5 Å². The lowest BCUT2D eigenvalue weighted by atomic mass is 9.86. The SMILES string of the molecule is CCn1cc(-c2cc(Cn3ccnc3C)cc3c2OC[C@H](Cc2ccc(F)c(N4CC(NC(=O)OC(C)(C)C)C4)n2)[C@@H]3O)c(C(F)(F)F)n1. The number of imidazole rings is 1. The van der Waals surface area contributed by atoms with Crippen LogP contribution in [0.25, 0.3) is 11.1 Å². The van der Waals surface area contributed by atoms with Crippen molar-refractivity contribution < 1.29 is 36.9 Å². The second-order valence-electron chi connectivity index (χ2n) is 13.5. The number of ether oxygens (including phenoxy) is 2. The number of hydrogen-bond donors (Lipinski definition) is 2. The Morgan fingerprint density at radius 3 is 2.57 bits per heavy atom. The fourth-order valence-electron chi connectivity index (χ4n) is 6.14. The van der Waals surface area contributed by atoms with Gasteiger partial charge in [0.15, 0.2) is 17.3 Å². The molecule has 6 rings (SSSR count). The van der Waals surface area contributed by atoms with E-state index < -0.39 is 41.4 Å². The number of aliphatic hydroxyl groups excluding tert-OH is 1. The Morgan fingerprint density at radius 1 is 1.16 bits per heavy atom. The lowest BCUT2D eigenvalue weighted by Crippen LogP contribution is -2.60. The number of carbonyl (C=O) groups is 1. The average molecular weight is 686 g/mol. The van der Waals surface area contributed by atoms with Crippen LogP contribution in [0.1, 0.15) is 62.1 Å². The zero-order valence-corrected chi connectivity index (χ0v) is 27.9. The molecule has 5 heterocycles. The highest BCUT2D eigenvalue weighted by atomic mass is 19.4. The molecule has 2 aliphatic rings. The number of pyridine rings is 1. The molecular formula is C34H39F4N7O4. The quantitative estimate of drug-likeness (QED) is 0.228. The third-order valence-electron chi connectivity index (χ3n) is 8.56. The number of fused-ring (bicyclic) bond motifs is 1. The molecule has 1 saturated heterocycles. The van der Waals surface area contributed by atoms with E-state index >= 15 is 0 Å². The summed E-state index contributed by atoms with van der Waals surface area (Å²) in [5.41, 5.74) is -0.139. The van der Waals surface area contributed by atoms with Crippen LogP contribution < -0.4 is 15.0 Å². The van der Waals surface area contributed by atoms with Gasteiger partial charge >= 0.3 is 12.3 Å². The van der Waals surface area contributed by atoms with Crippen molar-refractivity contribution >= 4 is 11.9 Å². The fourth-order valence-corrected chi connectivity index (χ4v) is 6.14. The Balaban J connectivity index is 1.26. The van der Waals surface area contributed by atoms with Crippen LogP contribution >= 0.6 is 0 Å². The maximum Gasteiger partial charge on any atom is 0.435 e. The van der Waals surface area contributed by atoms with Crippen molar-refractivity contribution in [1.29, 1.82) is 0 Å². The van der Waals surface area contributed by atoms with Gasteiger partial charge in [0.1, 0.15) is 17.2 Å². The number of aliphatic hydroxyl groups is 1. The number of anilines is 1. The minimum absolute atomic E-state index is 0.00953. The Hall–Kier alpha value is -4.66. The molecule has 0 spiro atoms. The van der Waals surface area contributed by atoms with Crippen LogP contribution in [0.5, 0.6) is 5.75 Å². The van der Waals surface area contributed by atoms with Crippen molar-refractivity contribution in [2.75, 3.05) is 24.6 Å². The first-order chi connectivity index (χ1) is 23.1. The maximum atomic E-state index is 14.9. The molecule has 1 aromatic carbocycles. The van der Waals surface area contributed by atoms with Crippen molar-refractivity contribution in [1.82, 2.24) is 29.6 Å². The molecule has 2 atom stereocenters. The Bertz CT molecular complexity index is 1840. The number of alkyl carbamates (subject to hydrolysis) is 1. The van der Waals surface area contributed by atoms with E-state index in [1.165, 1.54) is 23.0 Å². The van der Waals surface area contributed by atoms with Gasteiger partial charge in [-0.15, -0.1) is 0 Å². The molecule has 2 N–H and O–H groups in total. The van der Waals surface area contributed by atoms with Crippen LogP contribution in [0, 0.1) is 18.7 Å². The predicted octanol–water partition coefficient (Wildman–Crippen LogP) is 5.67. The number of carbonyl (C=O) groups excluding carboxylic acids is 1. The van der Waals surface area contributed by atoms with Crippen LogP contribution in [0.3, 0.4) is 0 Å². The average Bonchev–Trinajstić information content (AvgIpc) is 3.62. The van der Waals surface area contributed by atoms with Gasteiger partial charge in [-0.1, -0.05) is 0 Å². The summed E-state index contributed by atoms with van der Waals surface area (Å²) in [5.74, 6) is -0.0552. The third kappa shape index (κ3) is 7.36. The smallest absolute Gasteiger partial charge is 0.435 e. The lowest BCUT2D eigenvalue weighted by Gasteiger charge is -2.40. The zero-order chi connectivity index (χ0) is 35.2. The van der Waals surface area contributed by atoms with Gasteiger partial charge in [-0.25, -0.2) is 19.2 Å². The topological polar surface area (TPSA) is 120 Å². The summed E-state index contributed by atoms with van der Waals surface area (Å²) in [6.45, 7) is 10.0. The molecule has 15 heteroatoms. The predicted molar refractivity (Wildman–Crippen MR) is 172 cm³/mol. The molecule has 0 aliphatic carbocycles. The molecule has 0 unspecified atom stereocenters. The molecule has 0 saturated carbocycles. The fraction of sp³-hybridized carbons (Fsp3) is 0.471. The molecule has 1 amide bonds. The molecule has 1 fully saturated rings. The maximum absolute atomic E-state index is 14.9. The normalized spacial score (nSPS) is 18.1. The van der Waals surface area contributed by atoms with E-state index in [0.717, 1.165) is 5.82 Å². The Morgan fingerprint density at radius 2 is 1.92 bits per heavy atom. The van der Waals surface area contributed by atoms with E-state index in [0.29, 0.717) is 36.5 Å². The second-order valence-corrected chi connectivity index (χ2v) is 13.5. The van der Waals surface area contributed by atoms with Crippen LogP contribution in [0.2, 0.25) is 0 Å². The van der Waals surface area contributed by atoms with Gasteiger partial charge in [0.05, 0.1) is 18.8 Å². The van der Waals surface area contributed by atoms with E-state index in [1.54, 1.807) is 57.1 Å². The van der Waals surface area contributed by atoms with Gasteiger partial charge in [0.2, 0.25) is 0 Å². The number of amides is 1. The minimum atomic E-state index is -4.72. The summed E-state index contributed by atoms with van der Waals surface area (Å²) < 4.78 is 72.0. The molecule has 262 valence electrons. The molecule has 0 radical (unpaired) electrons. The highest BCUT2D eigenvalue weighted by molar-refractivity contribution is 5.76. The standard InChI is InChI=1S/C34H39F4N7O4/c1-6-45-17-26(30(42-45)34(36,37)38)24-11-20(14-43-10-9-39-19(43)2)12-25-28(46)21(18-48-29(24)25)13-22-7-8-27(35)31(40-22)44-15-23(16-44)41-32(47)49-33(3,4)5/h7-12,17,21,23,28,46H,6,13-16,18H2,1-5H3,(H,41,47)/t21-,28-/m0/s1. The van der Waals surface area contributed by atoms with Crippen LogP contribution in [-0.2, 0) is 30.4 Å². The largest absolute Gasteiger partial charge is 0.492 e. The van der Waals surface area contributed by atoms with E-state index in [4.69, 9.17) is 9.47 Å². The summed E-state index contributed by atoms with van der Waals surface area (Å²) in [7, 11) is 0. The molecular weight excluding hydrogens is 646 g/mol. The molecule has 4 aromatic rings. The number of rotatable bonds is 8. The van der Waals surface area contributed by atoms with Gasteiger partial charge < -0.3 is 29.4 Å². The number of hydrogen-bond acceptors (Lipinski definition) is 8. The number of nitrogens with one attached hydrogen (secondary N) is 1. The van der Waals surface area contributed by atoms with Crippen molar-refractivity contribution in [3.63, 3.8) is 0 Å². The lowest BCUT2D eigenvalue weighted by molar-refractivity contribution is -0.141. The van der Waals surface area contributed by atoms with Gasteiger partial charge in [-0.2, -0.15) is 18.3 Å². The van der Waals surface area contributed by atoms with Gasteiger partial charge in [-0.3, -0.25) is 4.68 Å². The molecule has 49 heavy (non-hydrogen) atoms. The molecule has 0 bridgehead atoms. The van der Waals surface area contributed by atoms with Crippen LogP contribution in [-0.4, -0.2) is 66.9 Å². The van der Waals surface area contributed by atoms with Crippen molar-refractivity contribution in [3.8, 4) is 16.9 Å². The van der Waals surface area contributed by atoms with Crippen molar-refractivity contribution in [2.24, 2.45) is 5.92 Å². The molecule has 2 aliphatic heterocycles. The molecule has 3 aromatic heterocycles. The third-order valence-corrected chi connectivity index (χ3v) is 8.56. The second kappa shape index (κ2) is 13.0. The number of nitrogens with zero attached hydrogens (tertiary/aromatic N) is 6. The van der Waals surface area contributed by atoms with Crippen molar-refractivity contribution in [3.05, 3.63) is 77.0 Å².